The monoisotopic (exact) mass is 363 g/mol. The molecule has 2 aromatic rings. The zero-order valence-corrected chi connectivity index (χ0v) is 16.4. The molecule has 142 valence electrons. The van der Waals surface area contributed by atoms with Gasteiger partial charge >= 0.3 is 0 Å². The number of hydrogen-bond donors (Lipinski definition) is 0. The van der Waals surface area contributed by atoms with Gasteiger partial charge in [-0.3, -0.25) is 9.59 Å². The van der Waals surface area contributed by atoms with Crippen molar-refractivity contribution in [3.63, 3.8) is 0 Å². The Morgan fingerprint density at radius 2 is 1.56 bits per heavy atom. The minimum atomic E-state index is -0.358. The van der Waals surface area contributed by atoms with Crippen LogP contribution in [0.3, 0.4) is 0 Å². The molecule has 0 saturated carbocycles. The Hall–Kier alpha value is -2.42. The number of piperidine rings is 1. The summed E-state index contributed by atoms with van der Waals surface area (Å²) in [6.07, 6.45) is 3.71. The van der Waals surface area contributed by atoms with Crippen molar-refractivity contribution in [1.82, 2.24) is 0 Å². The predicted molar refractivity (Wildman–Crippen MR) is 111 cm³/mol. The van der Waals surface area contributed by atoms with Crippen LogP contribution in [0.4, 0.5) is 5.69 Å². The number of Topliss-reactive ketones (excluding diaryl/α,β-unsaturated/α-hetero) is 2. The van der Waals surface area contributed by atoms with E-state index in [1.54, 1.807) is 0 Å². The van der Waals surface area contributed by atoms with Gasteiger partial charge < -0.3 is 4.90 Å². The average Bonchev–Trinajstić information content (AvgIpc) is 2.74. The SMILES string of the molecule is CCCC(=O)c1ccc(N2CCC(C(=O)CC)(c3ccccc3)CC2)cc1. The van der Waals surface area contributed by atoms with Crippen molar-refractivity contribution < 1.29 is 9.59 Å². The second-order valence-electron chi connectivity index (χ2n) is 7.43. The van der Waals surface area contributed by atoms with Gasteiger partial charge in [-0.2, -0.15) is 0 Å². The molecule has 0 unspecified atom stereocenters. The summed E-state index contributed by atoms with van der Waals surface area (Å²) in [5, 5.41) is 0. The standard InChI is InChI=1S/C24H29NO2/c1-3-8-22(26)19-11-13-21(14-12-19)25-17-15-24(16-18-25,23(27)4-2)20-9-6-5-7-10-20/h5-7,9-14H,3-4,8,15-18H2,1-2H3. The van der Waals surface area contributed by atoms with E-state index in [1.165, 1.54) is 0 Å². The molecule has 0 bridgehead atoms. The third-order valence-corrected chi connectivity index (χ3v) is 5.83. The number of hydrogen-bond acceptors (Lipinski definition) is 3. The fourth-order valence-electron chi connectivity index (χ4n) is 4.20. The number of carbonyl (C=O) groups excluding carboxylic acids is 2. The van der Waals surface area contributed by atoms with Crippen molar-refractivity contribution in [1.29, 1.82) is 0 Å². The number of ketones is 2. The number of anilines is 1. The third kappa shape index (κ3) is 3.97. The van der Waals surface area contributed by atoms with Crippen LogP contribution in [0.25, 0.3) is 0 Å². The first kappa shape index (κ1) is 19.3. The zero-order chi connectivity index (χ0) is 19.3. The molecule has 0 atom stereocenters. The van der Waals surface area contributed by atoms with Crippen LogP contribution in [0.15, 0.2) is 54.6 Å². The Labute approximate surface area is 162 Å². The van der Waals surface area contributed by atoms with E-state index in [2.05, 4.69) is 17.0 Å². The summed E-state index contributed by atoms with van der Waals surface area (Å²) in [5.74, 6) is 0.549. The summed E-state index contributed by atoms with van der Waals surface area (Å²) >= 11 is 0. The van der Waals surface area contributed by atoms with Crippen molar-refractivity contribution in [2.45, 2.75) is 51.4 Å². The van der Waals surface area contributed by atoms with Gasteiger partial charge in [-0.1, -0.05) is 44.2 Å². The van der Waals surface area contributed by atoms with Gasteiger partial charge in [0.25, 0.3) is 0 Å². The van der Waals surface area contributed by atoms with E-state index in [4.69, 9.17) is 0 Å². The smallest absolute Gasteiger partial charge is 0.162 e. The van der Waals surface area contributed by atoms with Gasteiger partial charge in [0.2, 0.25) is 0 Å². The lowest BCUT2D eigenvalue weighted by atomic mass is 9.69. The lowest BCUT2D eigenvalue weighted by molar-refractivity contribution is -0.125. The van der Waals surface area contributed by atoms with Crippen LogP contribution in [0, 0.1) is 0 Å². The minimum absolute atomic E-state index is 0.208. The summed E-state index contributed by atoms with van der Waals surface area (Å²) in [4.78, 5) is 27.2. The molecular weight excluding hydrogens is 334 g/mol. The number of benzene rings is 2. The largest absolute Gasteiger partial charge is 0.371 e. The topological polar surface area (TPSA) is 37.4 Å². The second-order valence-corrected chi connectivity index (χ2v) is 7.43. The summed E-state index contributed by atoms with van der Waals surface area (Å²) < 4.78 is 0. The van der Waals surface area contributed by atoms with Crippen LogP contribution in [0.1, 0.15) is 61.9 Å². The highest BCUT2D eigenvalue weighted by Gasteiger charge is 2.41. The summed E-state index contributed by atoms with van der Waals surface area (Å²) in [5.41, 5.74) is 2.71. The van der Waals surface area contributed by atoms with Gasteiger partial charge in [-0.15, -0.1) is 0 Å². The van der Waals surface area contributed by atoms with Crippen LogP contribution in [0.5, 0.6) is 0 Å². The number of rotatable bonds is 7. The van der Waals surface area contributed by atoms with E-state index in [0.717, 1.165) is 49.2 Å². The van der Waals surface area contributed by atoms with Gasteiger partial charge in [0.1, 0.15) is 5.78 Å². The average molecular weight is 364 g/mol. The maximum Gasteiger partial charge on any atom is 0.162 e. The van der Waals surface area contributed by atoms with E-state index < -0.39 is 0 Å². The van der Waals surface area contributed by atoms with Gasteiger partial charge in [0.15, 0.2) is 5.78 Å². The molecule has 0 aromatic heterocycles. The molecule has 1 fully saturated rings. The van der Waals surface area contributed by atoms with Gasteiger partial charge in [-0.05, 0) is 49.1 Å². The molecule has 0 amide bonds. The Balaban J connectivity index is 1.75. The minimum Gasteiger partial charge on any atom is -0.371 e. The molecule has 0 radical (unpaired) electrons. The van der Waals surface area contributed by atoms with Crippen LogP contribution in [-0.4, -0.2) is 24.7 Å². The molecule has 3 heteroatoms. The molecule has 1 aliphatic heterocycles. The van der Waals surface area contributed by atoms with Crippen molar-refractivity contribution in [3.8, 4) is 0 Å². The van der Waals surface area contributed by atoms with E-state index in [9.17, 15) is 9.59 Å². The number of carbonyl (C=O) groups is 2. The third-order valence-electron chi connectivity index (χ3n) is 5.83. The lowest BCUT2D eigenvalue weighted by Crippen LogP contribution is -2.47. The van der Waals surface area contributed by atoms with Crippen LogP contribution >= 0.6 is 0 Å². The second kappa shape index (κ2) is 8.51. The molecule has 3 rings (SSSR count). The fourth-order valence-corrected chi connectivity index (χ4v) is 4.20. The van der Waals surface area contributed by atoms with E-state index >= 15 is 0 Å². The lowest BCUT2D eigenvalue weighted by Gasteiger charge is -2.42. The predicted octanol–water partition coefficient (Wildman–Crippen LogP) is 5.19. The van der Waals surface area contributed by atoms with Gasteiger partial charge in [-0.25, -0.2) is 0 Å². The Kier molecular flexibility index (Phi) is 6.10. The summed E-state index contributed by atoms with van der Waals surface area (Å²) in [6.45, 7) is 5.69. The maximum atomic E-state index is 12.9. The van der Waals surface area contributed by atoms with Crippen LogP contribution in [-0.2, 0) is 10.2 Å². The first-order chi connectivity index (χ1) is 13.1. The van der Waals surface area contributed by atoms with Gasteiger partial charge in [0.05, 0.1) is 5.41 Å². The molecule has 1 saturated heterocycles. The molecule has 0 N–H and O–H groups in total. The van der Waals surface area contributed by atoms with Crippen molar-refractivity contribution >= 4 is 17.3 Å². The molecule has 1 aliphatic rings. The highest BCUT2D eigenvalue weighted by atomic mass is 16.1. The zero-order valence-electron chi connectivity index (χ0n) is 16.4. The highest BCUT2D eigenvalue weighted by Crippen LogP contribution is 2.38. The molecule has 27 heavy (non-hydrogen) atoms. The van der Waals surface area contributed by atoms with E-state index in [1.807, 2.05) is 56.3 Å². The first-order valence-corrected chi connectivity index (χ1v) is 10.1. The Morgan fingerprint density at radius 3 is 2.11 bits per heavy atom. The molecule has 0 aliphatic carbocycles. The van der Waals surface area contributed by atoms with Crippen LogP contribution in [0.2, 0.25) is 0 Å². The molecule has 2 aromatic carbocycles. The highest BCUT2D eigenvalue weighted by molar-refractivity contribution is 5.96. The first-order valence-electron chi connectivity index (χ1n) is 10.1. The van der Waals surface area contributed by atoms with E-state index in [0.29, 0.717) is 18.6 Å². The fraction of sp³-hybridized carbons (Fsp3) is 0.417. The molecule has 1 heterocycles. The van der Waals surface area contributed by atoms with E-state index in [-0.39, 0.29) is 11.2 Å². The quantitative estimate of drug-likeness (QED) is 0.636. The molecule has 0 spiro atoms. The van der Waals surface area contributed by atoms with Gasteiger partial charge in [0, 0.05) is 37.2 Å². The Bertz CT molecular complexity index is 772. The molecular formula is C24H29NO2. The normalized spacial score (nSPS) is 16.1. The Morgan fingerprint density at radius 1 is 0.926 bits per heavy atom. The maximum absolute atomic E-state index is 12.9. The summed E-state index contributed by atoms with van der Waals surface area (Å²) in [7, 11) is 0. The van der Waals surface area contributed by atoms with Crippen molar-refractivity contribution in [2.24, 2.45) is 0 Å². The number of nitrogens with zero attached hydrogens (tertiary/aromatic N) is 1. The summed E-state index contributed by atoms with van der Waals surface area (Å²) in [6, 6.07) is 18.2. The molecule has 3 nitrogen and oxygen atoms in total. The van der Waals surface area contributed by atoms with Crippen molar-refractivity contribution in [3.05, 3.63) is 65.7 Å². The van der Waals surface area contributed by atoms with Crippen molar-refractivity contribution in [2.75, 3.05) is 18.0 Å². The van der Waals surface area contributed by atoms with Crippen LogP contribution < -0.4 is 4.90 Å².